The molecule has 0 aromatic heterocycles. The first kappa shape index (κ1) is 53.8. The van der Waals surface area contributed by atoms with Gasteiger partial charge in [-0.3, -0.25) is 0 Å². The SMILES string of the molecule is Cc1ccc(-c2ccc(N(c3ccc(C4(c5ccc(N(c6ccc(-c7ccc(C)cc7C)c(C)c6)c6ccc(-c7ccc(C)cc7C)c(C)c6)cc5)CCCCC4)cc3)c3ccc(-c4ccc(C)cc4C)c(C)c3)cc2C)c(C)c1. The molecule has 0 atom stereocenters. The van der Waals surface area contributed by atoms with Crippen LogP contribution in [-0.4, -0.2) is 0 Å². The van der Waals surface area contributed by atoms with E-state index in [0.717, 1.165) is 47.0 Å². The van der Waals surface area contributed by atoms with Crippen LogP contribution in [0.25, 0.3) is 44.5 Å². The van der Waals surface area contributed by atoms with Gasteiger partial charge in [0.25, 0.3) is 0 Å². The molecule has 0 spiro atoms. The van der Waals surface area contributed by atoms with Crippen molar-refractivity contribution in [3.05, 3.63) is 272 Å². The molecule has 0 aliphatic heterocycles. The molecule has 80 heavy (non-hydrogen) atoms. The van der Waals surface area contributed by atoms with Gasteiger partial charge in [0.05, 0.1) is 0 Å². The predicted molar refractivity (Wildman–Crippen MR) is 345 cm³/mol. The summed E-state index contributed by atoms with van der Waals surface area (Å²) in [7, 11) is 0. The van der Waals surface area contributed by atoms with E-state index in [-0.39, 0.29) is 5.41 Å². The summed E-state index contributed by atoms with van der Waals surface area (Å²) >= 11 is 0. The first-order chi connectivity index (χ1) is 38.5. The first-order valence-corrected chi connectivity index (χ1v) is 29.1. The second kappa shape index (κ2) is 22.1. The summed E-state index contributed by atoms with van der Waals surface area (Å²) in [5, 5.41) is 0. The number of nitrogens with zero attached hydrogens (tertiary/aromatic N) is 2. The Balaban J connectivity index is 0.977. The number of hydrogen-bond acceptors (Lipinski definition) is 2. The summed E-state index contributed by atoms with van der Waals surface area (Å²) in [6, 6.07) is 74.6. The molecule has 0 unspecified atom stereocenters. The van der Waals surface area contributed by atoms with Gasteiger partial charge in [-0.25, -0.2) is 0 Å². The number of rotatable bonds is 12. The van der Waals surface area contributed by atoms with Crippen molar-refractivity contribution in [1.29, 1.82) is 0 Å². The van der Waals surface area contributed by atoms with E-state index < -0.39 is 0 Å². The quantitative estimate of drug-likeness (QED) is 0.120. The molecular formula is C78H78N2. The van der Waals surface area contributed by atoms with Crippen molar-refractivity contribution in [3.63, 3.8) is 0 Å². The van der Waals surface area contributed by atoms with Gasteiger partial charge in [-0.1, -0.05) is 163 Å². The molecule has 0 N–H and O–H groups in total. The lowest BCUT2D eigenvalue weighted by Gasteiger charge is -2.39. The summed E-state index contributed by atoms with van der Waals surface area (Å²) in [5.41, 5.74) is 35.3. The Morgan fingerprint density at radius 1 is 0.225 bits per heavy atom. The Kier molecular flexibility index (Phi) is 14.9. The molecule has 2 heteroatoms. The third-order valence-electron chi connectivity index (χ3n) is 17.6. The predicted octanol–water partition coefficient (Wildman–Crippen LogP) is 22.2. The van der Waals surface area contributed by atoms with Crippen molar-refractivity contribution in [3.8, 4) is 44.5 Å². The first-order valence-electron chi connectivity index (χ1n) is 29.1. The minimum absolute atomic E-state index is 0.104. The van der Waals surface area contributed by atoms with Gasteiger partial charge in [-0.2, -0.15) is 0 Å². The summed E-state index contributed by atoms with van der Waals surface area (Å²) in [6.45, 7) is 26.7. The minimum Gasteiger partial charge on any atom is -0.310 e. The summed E-state index contributed by atoms with van der Waals surface area (Å²) < 4.78 is 0. The topological polar surface area (TPSA) is 6.48 Å². The normalized spacial score (nSPS) is 13.1. The third-order valence-corrected chi connectivity index (χ3v) is 17.6. The van der Waals surface area contributed by atoms with Gasteiger partial charge in [0.1, 0.15) is 0 Å². The molecule has 10 aromatic carbocycles. The maximum absolute atomic E-state index is 2.46. The van der Waals surface area contributed by atoms with Gasteiger partial charge in [-0.05, 0) is 269 Å². The average Bonchev–Trinajstić information content (AvgIpc) is 3.44. The molecule has 0 bridgehead atoms. The van der Waals surface area contributed by atoms with E-state index in [1.54, 1.807) is 0 Å². The fourth-order valence-electron chi connectivity index (χ4n) is 13.5. The summed E-state index contributed by atoms with van der Waals surface area (Å²) in [6.07, 6.45) is 5.92. The van der Waals surface area contributed by atoms with Gasteiger partial charge in [0.2, 0.25) is 0 Å². The van der Waals surface area contributed by atoms with Crippen LogP contribution in [0.5, 0.6) is 0 Å². The standard InChI is InChI=1S/C78H78N2/c1-50-16-32-70(54(5)42-50)74-36-28-66(46-58(74)9)79(67-29-37-75(59(10)47-67)71-33-17-51(2)43-55(71)6)64-24-20-62(21-25-64)78(40-14-13-15-41-78)63-22-26-65(27-23-63)80(68-30-38-76(60(11)48-68)72-34-18-52(3)44-56(72)7)69-31-39-77(61(12)49-69)73-35-19-53(4)45-57(73)8/h16-39,42-49H,13-15,40-41H2,1-12H3. The van der Waals surface area contributed by atoms with Crippen LogP contribution in [-0.2, 0) is 5.41 Å². The molecule has 1 aliphatic rings. The molecule has 0 heterocycles. The molecule has 1 fully saturated rings. The summed E-state index contributed by atoms with van der Waals surface area (Å²) in [5.74, 6) is 0. The molecule has 2 nitrogen and oxygen atoms in total. The average molecular weight is 1040 g/mol. The van der Waals surface area contributed by atoms with E-state index in [2.05, 4.69) is 287 Å². The van der Waals surface area contributed by atoms with Crippen LogP contribution in [0.1, 0.15) is 110 Å². The maximum atomic E-state index is 2.46. The molecule has 0 radical (unpaired) electrons. The Hall–Kier alpha value is -8.20. The van der Waals surface area contributed by atoms with Crippen molar-refractivity contribution in [2.24, 2.45) is 0 Å². The lowest BCUT2D eigenvalue weighted by Crippen LogP contribution is -2.30. The fourth-order valence-corrected chi connectivity index (χ4v) is 13.5. The smallest absolute Gasteiger partial charge is 0.0464 e. The van der Waals surface area contributed by atoms with E-state index in [1.165, 1.54) is 142 Å². The Morgan fingerprint density at radius 3 is 0.662 bits per heavy atom. The van der Waals surface area contributed by atoms with Crippen LogP contribution in [0.15, 0.2) is 194 Å². The van der Waals surface area contributed by atoms with Gasteiger partial charge in [0, 0.05) is 39.5 Å². The van der Waals surface area contributed by atoms with Gasteiger partial charge < -0.3 is 9.80 Å². The summed E-state index contributed by atoms with van der Waals surface area (Å²) in [4.78, 5) is 4.93. The van der Waals surface area contributed by atoms with Crippen LogP contribution in [0.3, 0.4) is 0 Å². The molecule has 1 saturated carbocycles. The van der Waals surface area contributed by atoms with Crippen LogP contribution >= 0.6 is 0 Å². The number of aryl methyl sites for hydroxylation is 12. The highest BCUT2D eigenvalue weighted by molar-refractivity contribution is 5.85. The highest BCUT2D eigenvalue weighted by Gasteiger charge is 2.36. The minimum atomic E-state index is -0.104. The number of anilines is 6. The lowest BCUT2D eigenvalue weighted by atomic mass is 9.65. The van der Waals surface area contributed by atoms with E-state index >= 15 is 0 Å². The van der Waals surface area contributed by atoms with Crippen molar-refractivity contribution in [2.75, 3.05) is 9.80 Å². The van der Waals surface area contributed by atoms with E-state index in [0.29, 0.717) is 0 Å². The van der Waals surface area contributed by atoms with Gasteiger partial charge >= 0.3 is 0 Å². The molecule has 11 rings (SSSR count). The molecule has 0 saturated heterocycles. The van der Waals surface area contributed by atoms with Crippen LogP contribution in [0.2, 0.25) is 0 Å². The van der Waals surface area contributed by atoms with Gasteiger partial charge in [-0.15, -0.1) is 0 Å². The lowest BCUT2D eigenvalue weighted by molar-refractivity contribution is 0.346. The monoisotopic (exact) mass is 1040 g/mol. The van der Waals surface area contributed by atoms with E-state index in [9.17, 15) is 0 Å². The Morgan fingerprint density at radius 2 is 0.438 bits per heavy atom. The highest BCUT2D eigenvalue weighted by atomic mass is 15.1. The zero-order chi connectivity index (χ0) is 56.0. The van der Waals surface area contributed by atoms with E-state index in [4.69, 9.17) is 0 Å². The van der Waals surface area contributed by atoms with Crippen molar-refractivity contribution in [1.82, 2.24) is 0 Å². The molecule has 10 aromatic rings. The Bertz CT molecular complexity index is 3490. The van der Waals surface area contributed by atoms with E-state index in [1.807, 2.05) is 0 Å². The number of benzene rings is 10. The van der Waals surface area contributed by atoms with Gasteiger partial charge in [0.15, 0.2) is 0 Å². The Labute approximate surface area is 478 Å². The highest BCUT2D eigenvalue weighted by Crippen LogP contribution is 2.48. The molecule has 0 amide bonds. The fraction of sp³-hybridized carbons (Fsp3) is 0.231. The second-order valence-corrected chi connectivity index (χ2v) is 23.7. The van der Waals surface area contributed by atoms with Crippen molar-refractivity contribution in [2.45, 2.75) is 121 Å². The molecular weight excluding hydrogens is 965 g/mol. The molecule has 1 aliphatic carbocycles. The zero-order valence-electron chi connectivity index (χ0n) is 49.4. The van der Waals surface area contributed by atoms with Crippen molar-refractivity contribution >= 4 is 34.1 Å². The number of hydrogen-bond donors (Lipinski definition) is 0. The van der Waals surface area contributed by atoms with Crippen LogP contribution in [0, 0.1) is 83.1 Å². The molecule has 400 valence electrons. The second-order valence-electron chi connectivity index (χ2n) is 23.7. The van der Waals surface area contributed by atoms with Crippen molar-refractivity contribution < 1.29 is 0 Å². The van der Waals surface area contributed by atoms with Crippen LogP contribution in [0.4, 0.5) is 34.1 Å². The zero-order valence-corrected chi connectivity index (χ0v) is 49.4. The maximum Gasteiger partial charge on any atom is 0.0464 e. The third kappa shape index (κ3) is 10.5. The largest absolute Gasteiger partial charge is 0.310 e. The van der Waals surface area contributed by atoms with Crippen LogP contribution < -0.4 is 9.80 Å².